The van der Waals surface area contributed by atoms with Gasteiger partial charge in [0.25, 0.3) is 5.91 Å². The lowest BCUT2D eigenvalue weighted by atomic mass is 10.1. The number of nitrogens with zero attached hydrogens (tertiary/aromatic N) is 2. The average molecular weight is 479 g/mol. The molecule has 1 aromatic carbocycles. The molecule has 0 aliphatic carbocycles. The highest BCUT2D eigenvalue weighted by Crippen LogP contribution is 2.41. The lowest BCUT2D eigenvalue weighted by Crippen LogP contribution is -2.51. The zero-order chi connectivity index (χ0) is 24.3. The molecule has 3 atom stereocenters. The number of fused-ring (bicyclic) bond motifs is 2. The van der Waals surface area contributed by atoms with Gasteiger partial charge < -0.3 is 24.2 Å². The summed E-state index contributed by atoms with van der Waals surface area (Å²) in [5, 5.41) is 11.8. The standard InChI is InChI=1S/C24H34N2O6S/c1-7-8-16(33-14(2)3)13-32-24(29)26-18-11-21(31-6)20(30-5)10-17(18)22(27)25-12-15(4)9-19(25)23(26)28/h10-11,14,16,19,23,28H,4,7-9,12-13H2,1-3,5-6H3/t16?,19-,23?/m0/s1. The van der Waals surface area contributed by atoms with Crippen molar-refractivity contribution in [3.05, 3.63) is 29.8 Å². The molecule has 182 valence electrons. The van der Waals surface area contributed by atoms with Crippen molar-refractivity contribution in [1.82, 2.24) is 4.90 Å². The number of thioether (sulfide) groups is 1. The molecule has 1 fully saturated rings. The molecule has 0 aromatic heterocycles. The third-order valence-electron chi connectivity index (χ3n) is 5.82. The number of methoxy groups -OCH3 is 2. The molecule has 2 aliphatic rings. The summed E-state index contributed by atoms with van der Waals surface area (Å²) in [6, 6.07) is 2.47. The number of benzene rings is 1. The number of amides is 2. The Kier molecular flexibility index (Phi) is 8.18. The molecule has 2 unspecified atom stereocenters. The first kappa shape index (κ1) is 25.2. The molecule has 0 bridgehead atoms. The molecular weight excluding hydrogens is 444 g/mol. The Morgan fingerprint density at radius 3 is 2.55 bits per heavy atom. The summed E-state index contributed by atoms with van der Waals surface area (Å²) in [7, 11) is 2.95. The van der Waals surface area contributed by atoms with Crippen molar-refractivity contribution >= 4 is 29.4 Å². The van der Waals surface area contributed by atoms with Gasteiger partial charge in [-0.1, -0.05) is 39.3 Å². The van der Waals surface area contributed by atoms with E-state index in [4.69, 9.17) is 14.2 Å². The van der Waals surface area contributed by atoms with Crippen LogP contribution in [0.1, 0.15) is 50.4 Å². The van der Waals surface area contributed by atoms with E-state index in [9.17, 15) is 14.7 Å². The molecule has 0 saturated carbocycles. The highest BCUT2D eigenvalue weighted by atomic mass is 32.2. The topological polar surface area (TPSA) is 88.5 Å². The Hall–Kier alpha value is -2.39. The van der Waals surface area contributed by atoms with Crippen LogP contribution in [0.3, 0.4) is 0 Å². The van der Waals surface area contributed by atoms with Gasteiger partial charge in [0.2, 0.25) is 0 Å². The van der Waals surface area contributed by atoms with Gasteiger partial charge in [-0.05, 0) is 24.2 Å². The molecule has 2 heterocycles. The van der Waals surface area contributed by atoms with Gasteiger partial charge in [-0.15, -0.1) is 0 Å². The Balaban J connectivity index is 2.00. The van der Waals surface area contributed by atoms with Gasteiger partial charge in [-0.2, -0.15) is 11.8 Å². The quantitative estimate of drug-likeness (QED) is 0.564. The van der Waals surface area contributed by atoms with Crippen LogP contribution in [0.15, 0.2) is 24.3 Å². The smallest absolute Gasteiger partial charge is 0.416 e. The second-order valence-corrected chi connectivity index (χ2v) is 10.5. The second kappa shape index (κ2) is 10.7. The molecule has 0 spiro atoms. The molecule has 1 N–H and O–H groups in total. The fourth-order valence-corrected chi connectivity index (χ4v) is 5.65. The number of hydrogen-bond acceptors (Lipinski definition) is 7. The van der Waals surface area contributed by atoms with E-state index in [1.807, 2.05) is 0 Å². The van der Waals surface area contributed by atoms with Gasteiger partial charge in [0, 0.05) is 17.9 Å². The molecule has 1 aromatic rings. The monoisotopic (exact) mass is 478 g/mol. The molecule has 0 radical (unpaired) electrons. The third-order valence-corrected chi connectivity index (χ3v) is 7.12. The molecule has 2 aliphatic heterocycles. The van der Waals surface area contributed by atoms with Gasteiger partial charge in [-0.25, -0.2) is 9.69 Å². The predicted molar refractivity (Wildman–Crippen MR) is 129 cm³/mol. The van der Waals surface area contributed by atoms with Crippen LogP contribution in [0.5, 0.6) is 11.5 Å². The van der Waals surface area contributed by atoms with Gasteiger partial charge in [-0.3, -0.25) is 4.79 Å². The Morgan fingerprint density at radius 2 is 1.94 bits per heavy atom. The van der Waals surface area contributed by atoms with Crippen molar-refractivity contribution in [3.8, 4) is 11.5 Å². The lowest BCUT2D eigenvalue weighted by Gasteiger charge is -2.32. The zero-order valence-corrected chi connectivity index (χ0v) is 20.8. The summed E-state index contributed by atoms with van der Waals surface area (Å²) in [6.07, 6.45) is 0.299. The van der Waals surface area contributed by atoms with E-state index >= 15 is 0 Å². The van der Waals surface area contributed by atoms with Crippen molar-refractivity contribution < 1.29 is 28.9 Å². The van der Waals surface area contributed by atoms with Crippen LogP contribution in [0.2, 0.25) is 0 Å². The molecule has 3 rings (SSSR count). The van der Waals surface area contributed by atoms with Gasteiger partial charge >= 0.3 is 6.09 Å². The van der Waals surface area contributed by atoms with Crippen LogP contribution in [-0.2, 0) is 4.74 Å². The number of carbonyl (C=O) groups excluding carboxylic acids is 2. The van der Waals surface area contributed by atoms with Gasteiger partial charge in [0.1, 0.15) is 6.61 Å². The van der Waals surface area contributed by atoms with Crippen molar-refractivity contribution in [3.63, 3.8) is 0 Å². The van der Waals surface area contributed by atoms with Gasteiger partial charge in [0.15, 0.2) is 17.7 Å². The molecular formula is C24H34N2O6S. The first-order valence-electron chi connectivity index (χ1n) is 11.2. The SMILES string of the molecule is C=C1C[C@H]2C(O)N(C(=O)OCC(CCC)SC(C)C)c3cc(OC)c(OC)cc3C(=O)N2C1. The lowest BCUT2D eigenvalue weighted by molar-refractivity contribution is 0.0490. The minimum Gasteiger partial charge on any atom is -0.493 e. The van der Waals surface area contributed by atoms with Crippen LogP contribution in [0, 0.1) is 0 Å². The summed E-state index contributed by atoms with van der Waals surface area (Å²) in [5.74, 6) is 0.406. The zero-order valence-electron chi connectivity index (χ0n) is 20.0. The van der Waals surface area contributed by atoms with E-state index in [1.165, 1.54) is 19.1 Å². The summed E-state index contributed by atoms with van der Waals surface area (Å²) < 4.78 is 16.5. The first-order chi connectivity index (χ1) is 15.7. The number of rotatable bonds is 8. The molecule has 2 amide bonds. The van der Waals surface area contributed by atoms with E-state index in [1.54, 1.807) is 28.8 Å². The van der Waals surface area contributed by atoms with Crippen LogP contribution in [0.4, 0.5) is 10.5 Å². The summed E-state index contributed by atoms with van der Waals surface area (Å²) in [4.78, 5) is 29.5. The van der Waals surface area contributed by atoms with Crippen LogP contribution in [0.25, 0.3) is 0 Å². The third kappa shape index (κ3) is 5.24. The fraction of sp³-hybridized carbons (Fsp3) is 0.583. The van der Waals surface area contributed by atoms with E-state index < -0.39 is 18.4 Å². The summed E-state index contributed by atoms with van der Waals surface area (Å²) in [6.45, 7) is 10.8. The fourth-order valence-electron chi connectivity index (χ4n) is 4.36. The van der Waals surface area contributed by atoms with E-state index in [-0.39, 0.29) is 29.0 Å². The van der Waals surface area contributed by atoms with Crippen molar-refractivity contribution in [2.75, 3.05) is 32.3 Å². The average Bonchev–Trinajstić information content (AvgIpc) is 3.15. The summed E-state index contributed by atoms with van der Waals surface area (Å²) in [5.41, 5.74) is 1.29. The number of ether oxygens (including phenoxy) is 3. The minimum atomic E-state index is -1.29. The van der Waals surface area contributed by atoms with Crippen molar-refractivity contribution in [2.24, 2.45) is 0 Å². The normalized spacial score (nSPS) is 20.9. The minimum absolute atomic E-state index is 0.150. The molecule has 9 heteroatoms. The first-order valence-corrected chi connectivity index (χ1v) is 12.2. The van der Waals surface area contributed by atoms with E-state index in [2.05, 4.69) is 27.4 Å². The van der Waals surface area contributed by atoms with Crippen LogP contribution in [-0.4, -0.2) is 72.1 Å². The Morgan fingerprint density at radius 1 is 1.27 bits per heavy atom. The molecule has 8 nitrogen and oxygen atoms in total. The Bertz CT molecular complexity index is 905. The molecule has 1 saturated heterocycles. The van der Waals surface area contributed by atoms with Crippen molar-refractivity contribution in [2.45, 2.75) is 62.8 Å². The van der Waals surface area contributed by atoms with E-state index in [0.29, 0.717) is 29.7 Å². The Labute approximate surface area is 199 Å². The van der Waals surface area contributed by atoms with Gasteiger partial charge in [0.05, 0.1) is 31.5 Å². The maximum Gasteiger partial charge on any atom is 0.416 e. The number of aliphatic hydroxyl groups is 1. The summed E-state index contributed by atoms with van der Waals surface area (Å²) >= 11 is 1.76. The number of carbonyl (C=O) groups is 2. The van der Waals surface area contributed by atoms with Crippen LogP contribution < -0.4 is 14.4 Å². The maximum absolute atomic E-state index is 13.4. The highest BCUT2D eigenvalue weighted by Gasteiger charge is 2.46. The second-order valence-electron chi connectivity index (χ2n) is 8.63. The molecule has 33 heavy (non-hydrogen) atoms. The predicted octanol–water partition coefficient (Wildman–Crippen LogP) is 4.06. The number of anilines is 1. The number of hydrogen-bond donors (Lipinski definition) is 1. The highest BCUT2D eigenvalue weighted by molar-refractivity contribution is 8.00. The maximum atomic E-state index is 13.4. The van der Waals surface area contributed by atoms with Crippen molar-refractivity contribution in [1.29, 1.82) is 0 Å². The number of aliphatic hydroxyl groups excluding tert-OH is 1. The van der Waals surface area contributed by atoms with E-state index in [0.717, 1.165) is 18.4 Å². The largest absolute Gasteiger partial charge is 0.493 e. The van der Waals surface area contributed by atoms with Crippen LogP contribution >= 0.6 is 11.8 Å².